The summed E-state index contributed by atoms with van der Waals surface area (Å²) in [7, 11) is 0. The van der Waals surface area contributed by atoms with Crippen molar-refractivity contribution < 1.29 is 4.79 Å². The molecule has 0 spiro atoms. The molecule has 0 aromatic heterocycles. The summed E-state index contributed by atoms with van der Waals surface area (Å²) >= 11 is 0. The smallest absolute Gasteiger partial charge is 0.242 e. The van der Waals surface area contributed by atoms with Crippen LogP contribution < -0.4 is 10.6 Å². The second kappa shape index (κ2) is 7.04. The van der Waals surface area contributed by atoms with E-state index in [1.54, 1.807) is 0 Å². The third-order valence-corrected chi connectivity index (χ3v) is 3.11. The van der Waals surface area contributed by atoms with E-state index in [9.17, 15) is 4.79 Å². The molecule has 0 aliphatic heterocycles. The number of amides is 1. The molecule has 1 rings (SSSR count). The summed E-state index contributed by atoms with van der Waals surface area (Å²) in [4.78, 5) is 11.8. The molecule has 0 radical (unpaired) electrons. The fraction of sp³-hybridized carbons (Fsp3) is 0.533. The molecule has 3 heteroatoms. The van der Waals surface area contributed by atoms with Gasteiger partial charge < -0.3 is 10.6 Å². The summed E-state index contributed by atoms with van der Waals surface area (Å²) in [5, 5.41) is 6.15. The lowest BCUT2D eigenvalue weighted by molar-refractivity contribution is -0.121. The lowest BCUT2D eigenvalue weighted by Crippen LogP contribution is -2.38. The molecule has 2 N–H and O–H groups in total. The van der Waals surface area contributed by atoms with E-state index in [4.69, 9.17) is 0 Å². The molecule has 0 saturated heterocycles. The summed E-state index contributed by atoms with van der Waals surface area (Å²) in [5.41, 5.74) is 3.50. The molecule has 100 valence electrons. The standard InChI is InChI=1S/C15H24N2O/c1-5-6-9-16-15(18)13(4)17-14-8-7-11(2)12(3)10-14/h7-8,10,13,17H,5-6,9H2,1-4H3,(H,16,18). The molecule has 1 unspecified atom stereocenters. The molecule has 0 heterocycles. The van der Waals surface area contributed by atoms with Crippen LogP contribution in [0.3, 0.4) is 0 Å². The van der Waals surface area contributed by atoms with Gasteiger partial charge in [0.05, 0.1) is 0 Å². The van der Waals surface area contributed by atoms with Gasteiger partial charge in [-0.1, -0.05) is 19.4 Å². The third-order valence-electron chi connectivity index (χ3n) is 3.11. The molecule has 3 nitrogen and oxygen atoms in total. The normalized spacial score (nSPS) is 12.0. The van der Waals surface area contributed by atoms with Crippen molar-refractivity contribution in [3.8, 4) is 0 Å². The van der Waals surface area contributed by atoms with E-state index in [1.807, 2.05) is 13.0 Å². The molecular weight excluding hydrogens is 224 g/mol. The molecule has 1 amide bonds. The maximum Gasteiger partial charge on any atom is 0.242 e. The second-order valence-electron chi connectivity index (χ2n) is 4.81. The van der Waals surface area contributed by atoms with Crippen molar-refractivity contribution in [2.75, 3.05) is 11.9 Å². The van der Waals surface area contributed by atoms with Gasteiger partial charge in [0.15, 0.2) is 0 Å². The minimum absolute atomic E-state index is 0.0571. The Morgan fingerprint density at radius 2 is 2.00 bits per heavy atom. The molecule has 0 fully saturated rings. The molecule has 0 saturated carbocycles. The largest absolute Gasteiger partial charge is 0.374 e. The Morgan fingerprint density at radius 3 is 2.61 bits per heavy atom. The first-order valence-electron chi connectivity index (χ1n) is 6.66. The second-order valence-corrected chi connectivity index (χ2v) is 4.81. The number of anilines is 1. The molecule has 0 aliphatic rings. The lowest BCUT2D eigenvalue weighted by atomic mass is 10.1. The zero-order chi connectivity index (χ0) is 13.5. The monoisotopic (exact) mass is 248 g/mol. The van der Waals surface area contributed by atoms with Crippen LogP contribution in [0.5, 0.6) is 0 Å². The highest BCUT2D eigenvalue weighted by atomic mass is 16.2. The van der Waals surface area contributed by atoms with Crippen molar-refractivity contribution in [1.82, 2.24) is 5.32 Å². The predicted molar refractivity (Wildman–Crippen MR) is 76.9 cm³/mol. The molecule has 1 atom stereocenters. The maximum atomic E-state index is 11.8. The third kappa shape index (κ3) is 4.40. The number of aryl methyl sites for hydroxylation is 2. The van der Waals surface area contributed by atoms with E-state index in [0.717, 1.165) is 25.1 Å². The zero-order valence-corrected chi connectivity index (χ0v) is 11.8. The van der Waals surface area contributed by atoms with Gasteiger partial charge in [0.25, 0.3) is 0 Å². The highest BCUT2D eigenvalue weighted by Crippen LogP contribution is 2.14. The number of hydrogen-bond donors (Lipinski definition) is 2. The van der Waals surface area contributed by atoms with Gasteiger partial charge >= 0.3 is 0 Å². The van der Waals surface area contributed by atoms with E-state index in [0.29, 0.717) is 0 Å². The average molecular weight is 248 g/mol. The van der Waals surface area contributed by atoms with Crippen molar-refractivity contribution in [2.45, 2.75) is 46.6 Å². The first-order chi connectivity index (χ1) is 8.54. The number of benzene rings is 1. The van der Waals surface area contributed by atoms with E-state index in [-0.39, 0.29) is 11.9 Å². The minimum Gasteiger partial charge on any atom is -0.374 e. The quantitative estimate of drug-likeness (QED) is 0.760. The van der Waals surface area contributed by atoms with Gasteiger partial charge in [-0.25, -0.2) is 0 Å². The average Bonchev–Trinajstić information content (AvgIpc) is 2.34. The number of nitrogens with one attached hydrogen (secondary N) is 2. The Labute approximate surface area is 110 Å². The summed E-state index contributed by atoms with van der Waals surface area (Å²) in [5.74, 6) is 0.0571. The number of unbranched alkanes of at least 4 members (excludes halogenated alkanes) is 1. The Morgan fingerprint density at radius 1 is 1.28 bits per heavy atom. The van der Waals surface area contributed by atoms with Gasteiger partial charge in [-0.2, -0.15) is 0 Å². The van der Waals surface area contributed by atoms with Crippen LogP contribution in [0.1, 0.15) is 37.8 Å². The SMILES string of the molecule is CCCCNC(=O)C(C)Nc1ccc(C)c(C)c1. The number of carbonyl (C=O) groups excluding carboxylic acids is 1. The Kier molecular flexibility index (Phi) is 5.69. The molecule has 0 bridgehead atoms. The van der Waals surface area contributed by atoms with Gasteiger partial charge in [-0.05, 0) is 50.5 Å². The van der Waals surface area contributed by atoms with Crippen molar-refractivity contribution in [2.24, 2.45) is 0 Å². The number of carbonyl (C=O) groups is 1. The lowest BCUT2D eigenvalue weighted by Gasteiger charge is -2.16. The van der Waals surface area contributed by atoms with Crippen LogP contribution in [0.15, 0.2) is 18.2 Å². The maximum absolute atomic E-state index is 11.8. The first-order valence-corrected chi connectivity index (χ1v) is 6.66. The zero-order valence-electron chi connectivity index (χ0n) is 11.8. The summed E-state index contributed by atoms with van der Waals surface area (Å²) < 4.78 is 0. The van der Waals surface area contributed by atoms with Crippen LogP contribution in [0.4, 0.5) is 5.69 Å². The Balaban J connectivity index is 2.50. The van der Waals surface area contributed by atoms with Crippen molar-refractivity contribution >= 4 is 11.6 Å². The van der Waals surface area contributed by atoms with Crippen molar-refractivity contribution in [3.63, 3.8) is 0 Å². The van der Waals surface area contributed by atoms with Gasteiger partial charge in [-0.3, -0.25) is 4.79 Å². The molecule has 18 heavy (non-hydrogen) atoms. The molecule has 0 aliphatic carbocycles. The Bertz CT molecular complexity index is 401. The highest BCUT2D eigenvalue weighted by Gasteiger charge is 2.11. The number of hydrogen-bond acceptors (Lipinski definition) is 2. The van der Waals surface area contributed by atoms with E-state index < -0.39 is 0 Å². The minimum atomic E-state index is -0.205. The number of rotatable bonds is 6. The van der Waals surface area contributed by atoms with Crippen LogP contribution in [0, 0.1) is 13.8 Å². The topological polar surface area (TPSA) is 41.1 Å². The molecular formula is C15H24N2O. The fourth-order valence-electron chi connectivity index (χ4n) is 1.69. The summed E-state index contributed by atoms with van der Waals surface area (Å²) in [6, 6.07) is 5.95. The van der Waals surface area contributed by atoms with Crippen LogP contribution in [-0.4, -0.2) is 18.5 Å². The Hall–Kier alpha value is -1.51. The van der Waals surface area contributed by atoms with E-state index in [1.165, 1.54) is 11.1 Å². The van der Waals surface area contributed by atoms with Gasteiger partial charge in [0, 0.05) is 12.2 Å². The highest BCUT2D eigenvalue weighted by molar-refractivity contribution is 5.84. The summed E-state index contributed by atoms with van der Waals surface area (Å²) in [6.07, 6.45) is 2.13. The van der Waals surface area contributed by atoms with Crippen LogP contribution in [0.2, 0.25) is 0 Å². The summed E-state index contributed by atoms with van der Waals surface area (Å²) in [6.45, 7) is 8.92. The van der Waals surface area contributed by atoms with Gasteiger partial charge in [-0.15, -0.1) is 0 Å². The van der Waals surface area contributed by atoms with Crippen LogP contribution in [-0.2, 0) is 4.79 Å². The molecule has 1 aromatic carbocycles. The van der Waals surface area contributed by atoms with E-state index >= 15 is 0 Å². The van der Waals surface area contributed by atoms with Gasteiger partial charge in [0.1, 0.15) is 6.04 Å². The first kappa shape index (κ1) is 14.6. The predicted octanol–water partition coefficient (Wildman–Crippen LogP) is 3.02. The van der Waals surface area contributed by atoms with E-state index in [2.05, 4.69) is 43.5 Å². The van der Waals surface area contributed by atoms with Crippen molar-refractivity contribution in [3.05, 3.63) is 29.3 Å². The van der Waals surface area contributed by atoms with Gasteiger partial charge in [0.2, 0.25) is 5.91 Å². The van der Waals surface area contributed by atoms with Crippen LogP contribution >= 0.6 is 0 Å². The fourth-order valence-corrected chi connectivity index (χ4v) is 1.69. The van der Waals surface area contributed by atoms with Crippen LogP contribution in [0.25, 0.3) is 0 Å². The molecule has 1 aromatic rings. The van der Waals surface area contributed by atoms with Crippen molar-refractivity contribution in [1.29, 1.82) is 0 Å².